The highest BCUT2D eigenvalue weighted by atomic mass is 16.5. The van der Waals surface area contributed by atoms with Crippen LogP contribution in [0.5, 0.6) is 0 Å². The molecule has 0 aromatic rings. The molecular weight excluding hydrogens is 943 g/mol. The van der Waals surface area contributed by atoms with Gasteiger partial charge in [0.25, 0.3) is 0 Å². The Balaban J connectivity index is 0.000000142. The average Bonchev–Trinajstić information content (AvgIpc) is 4.22. The number of amides is 1. The van der Waals surface area contributed by atoms with E-state index in [1.165, 1.54) is 162 Å². The summed E-state index contributed by atoms with van der Waals surface area (Å²) in [5.41, 5.74) is 0.0290. The molecule has 76 heavy (non-hydrogen) atoms. The van der Waals surface area contributed by atoms with Crippen LogP contribution in [-0.2, 0) is 9.53 Å². The van der Waals surface area contributed by atoms with Gasteiger partial charge in [0.15, 0.2) is 0 Å². The van der Waals surface area contributed by atoms with Crippen molar-refractivity contribution < 1.29 is 9.53 Å². The quantitative estimate of drug-likeness (QED) is 0.242. The van der Waals surface area contributed by atoms with Crippen molar-refractivity contribution in [2.45, 2.75) is 180 Å². The Kier molecular flexibility index (Phi) is 26.1. The molecule has 13 aliphatic rings. The molecule has 13 heteroatoms. The number of piperidine rings is 4. The van der Waals surface area contributed by atoms with Gasteiger partial charge in [0.05, 0.1) is 18.1 Å². The lowest BCUT2D eigenvalue weighted by Crippen LogP contribution is -2.50. The van der Waals surface area contributed by atoms with Crippen molar-refractivity contribution in [3.63, 3.8) is 0 Å². The molecule has 6 unspecified atom stereocenters. The van der Waals surface area contributed by atoms with Crippen LogP contribution in [0.15, 0.2) is 0 Å². The number of fused-ring (bicyclic) bond motifs is 7. The van der Waals surface area contributed by atoms with Gasteiger partial charge in [0.2, 0.25) is 5.91 Å². The lowest BCUT2D eigenvalue weighted by Gasteiger charge is -2.36. The number of likely N-dealkylation sites (N-methyl/N-ethyl adjacent to an activating group) is 3. The van der Waals surface area contributed by atoms with Crippen molar-refractivity contribution in [2.75, 3.05) is 182 Å². The van der Waals surface area contributed by atoms with Crippen LogP contribution in [0.2, 0.25) is 0 Å². The maximum Gasteiger partial charge on any atom is 0.228 e. The molecule has 1 spiro atoms. The van der Waals surface area contributed by atoms with Gasteiger partial charge in [-0.3, -0.25) is 14.6 Å². The van der Waals surface area contributed by atoms with Crippen LogP contribution in [-0.4, -0.2) is 284 Å². The predicted octanol–water partition coefficient (Wildman–Crippen LogP) is 7.47. The van der Waals surface area contributed by atoms with E-state index in [-0.39, 0.29) is 5.41 Å². The molecule has 6 bridgehead atoms. The van der Waals surface area contributed by atoms with Crippen LogP contribution >= 0.6 is 0 Å². The monoisotopic (exact) mass is 1070 g/mol. The molecule has 13 aliphatic heterocycles. The summed E-state index contributed by atoms with van der Waals surface area (Å²) in [6.07, 6.45) is 22.0. The van der Waals surface area contributed by atoms with Crippen molar-refractivity contribution in [1.82, 2.24) is 53.9 Å². The summed E-state index contributed by atoms with van der Waals surface area (Å²) in [6.45, 7) is 31.4. The van der Waals surface area contributed by atoms with Gasteiger partial charge in [0, 0.05) is 102 Å². The molecule has 1 amide bonds. The van der Waals surface area contributed by atoms with Crippen LogP contribution in [0.3, 0.4) is 0 Å². The van der Waals surface area contributed by atoms with Crippen LogP contribution in [0.25, 0.3) is 0 Å². The van der Waals surface area contributed by atoms with Crippen molar-refractivity contribution in [3.05, 3.63) is 0 Å². The van der Waals surface area contributed by atoms with Crippen molar-refractivity contribution in [3.8, 4) is 0 Å². The summed E-state index contributed by atoms with van der Waals surface area (Å²) in [5, 5.41) is 0. The number of morpholine rings is 1. The summed E-state index contributed by atoms with van der Waals surface area (Å²) < 4.78 is 5.59. The lowest BCUT2D eigenvalue weighted by molar-refractivity contribution is -0.137. The molecule has 9 atom stereocenters. The Labute approximate surface area is 470 Å². The zero-order valence-corrected chi connectivity index (χ0v) is 52.9. The van der Waals surface area contributed by atoms with E-state index in [0.717, 1.165) is 111 Å². The number of carbonyl (C=O) groups excluding carboxylic acids is 1. The van der Waals surface area contributed by atoms with Gasteiger partial charge in [-0.25, -0.2) is 0 Å². The number of nitrogens with zero attached hydrogens (tertiary/aromatic N) is 11. The van der Waals surface area contributed by atoms with E-state index in [9.17, 15) is 4.79 Å². The third-order valence-electron chi connectivity index (χ3n) is 21.4. The summed E-state index contributed by atoms with van der Waals surface area (Å²) in [6, 6.07) is 5.04. The normalized spacial score (nSPS) is 38.2. The Bertz CT molecular complexity index is 1530. The van der Waals surface area contributed by atoms with E-state index in [4.69, 9.17) is 4.74 Å². The smallest absolute Gasteiger partial charge is 0.228 e. The second-order valence-electron chi connectivity index (χ2n) is 28.6. The van der Waals surface area contributed by atoms with Crippen molar-refractivity contribution >= 4 is 5.91 Å². The highest BCUT2D eigenvalue weighted by Crippen LogP contribution is 2.41. The number of hydrogen-bond donors (Lipinski definition) is 0. The van der Waals surface area contributed by atoms with E-state index < -0.39 is 0 Å². The first kappa shape index (κ1) is 64.2. The zero-order valence-electron chi connectivity index (χ0n) is 52.9. The number of carbonyl (C=O) groups is 1. The van der Waals surface area contributed by atoms with Crippen LogP contribution in [0, 0.1) is 40.9 Å². The SMILES string of the molecule is CC1CC2CCC(C1)N2C.CC1CCN(C)CC1.CN1CC2CCC(C1)N2C.CN1CC2CN(C)CC2C1.CN1CCC2(CC1)CCN(C)C2=O.C[C@H]1CCCN(C)C1.C[C@H]1CCN(C)C1.C[C@H]1OCC2CCC1N2C. The second kappa shape index (κ2) is 30.9. The number of piperazine rings is 1. The van der Waals surface area contributed by atoms with Gasteiger partial charge in [-0.2, -0.15) is 0 Å². The minimum absolute atomic E-state index is 0.0290. The van der Waals surface area contributed by atoms with Gasteiger partial charge >= 0.3 is 0 Å². The third-order valence-corrected chi connectivity index (χ3v) is 21.4. The minimum Gasteiger partial charge on any atom is -0.375 e. The fraction of sp³-hybridized carbons (Fsp3) is 0.984. The Morgan fingerprint density at radius 2 is 0.816 bits per heavy atom. The average molecular weight is 1070 g/mol. The molecule has 0 saturated carbocycles. The van der Waals surface area contributed by atoms with Crippen LogP contribution in [0.4, 0.5) is 0 Å². The van der Waals surface area contributed by atoms with Gasteiger partial charge in [0.1, 0.15) is 0 Å². The molecule has 13 nitrogen and oxygen atoms in total. The van der Waals surface area contributed by atoms with Crippen LogP contribution < -0.4 is 0 Å². The van der Waals surface area contributed by atoms with E-state index in [1.807, 2.05) is 11.9 Å². The highest BCUT2D eigenvalue weighted by molar-refractivity contribution is 5.84. The molecular formula is C63H125N11O2. The lowest BCUT2D eigenvalue weighted by atomic mass is 9.77. The first-order chi connectivity index (χ1) is 36.1. The zero-order chi connectivity index (χ0) is 55.3. The van der Waals surface area contributed by atoms with E-state index in [2.05, 4.69) is 154 Å². The van der Waals surface area contributed by atoms with E-state index in [0.29, 0.717) is 18.1 Å². The second-order valence-corrected chi connectivity index (χ2v) is 28.6. The maximum atomic E-state index is 11.9. The van der Waals surface area contributed by atoms with Gasteiger partial charge in [-0.1, -0.05) is 27.7 Å². The van der Waals surface area contributed by atoms with Gasteiger partial charge in [-0.15, -0.1) is 0 Å². The van der Waals surface area contributed by atoms with Gasteiger partial charge < -0.3 is 48.8 Å². The fourth-order valence-electron chi connectivity index (χ4n) is 15.9. The number of hydrogen-bond acceptors (Lipinski definition) is 12. The molecule has 0 N–H and O–H groups in total. The number of likely N-dealkylation sites (tertiary alicyclic amines) is 8. The summed E-state index contributed by atoms with van der Waals surface area (Å²) in [4.78, 5) is 38.3. The van der Waals surface area contributed by atoms with E-state index in [1.54, 1.807) is 0 Å². The summed E-state index contributed by atoms with van der Waals surface area (Å²) in [7, 11) is 24.1. The Morgan fingerprint density at radius 1 is 0.382 bits per heavy atom. The Morgan fingerprint density at radius 3 is 1.25 bits per heavy atom. The summed E-state index contributed by atoms with van der Waals surface area (Å²) in [5.74, 6) is 6.21. The van der Waals surface area contributed by atoms with Gasteiger partial charge in [-0.05, 0) is 255 Å². The molecule has 13 heterocycles. The molecule has 13 saturated heterocycles. The van der Waals surface area contributed by atoms with Crippen LogP contribution in [0.1, 0.15) is 137 Å². The molecule has 0 aromatic carbocycles. The molecule has 0 aromatic heterocycles. The topological polar surface area (TPSA) is 61.9 Å². The molecule has 0 radical (unpaired) electrons. The number of rotatable bonds is 0. The fourth-order valence-corrected chi connectivity index (χ4v) is 15.9. The van der Waals surface area contributed by atoms with Crippen molar-refractivity contribution in [1.29, 1.82) is 0 Å². The molecule has 13 fully saturated rings. The molecule has 13 rings (SSSR count). The minimum atomic E-state index is 0.0290. The molecule has 0 aliphatic carbocycles. The standard InChI is InChI=1S/C10H18N2O.C9H17N.2C8H16N2.C8H15NO.2C7H15N.C6H13N/c1-11-6-3-10(4-7-11)5-8-12(2)9(10)13;1-7-5-8-3-4-9(6-7)10(8)2;1-9-3-7-5-10(2)6-8(7)4-9;1-9-5-7-3-4-8(6-9)10(7)2;1-6-8-4-3-7(5-10-6)9(8)2;1-7-3-5-8(2)6-4-7;1-7-4-3-5-8(2)6-7;1-6-3-4-7(2)5-6/h3-8H2,1-2H3;7-9H,3-6H2,1-2H3;2*7-8H,3-6H2,1-2H3;6-8H,3-5H2,1-2H3;2*7H,3-6H2,1-2H3;6H,3-5H2,1-2H3/t;;;;6-,7?,8?;;7-;6-/m....1.00/s1. The summed E-state index contributed by atoms with van der Waals surface area (Å²) >= 11 is 0. The first-order valence-corrected chi connectivity index (χ1v) is 31.9. The molecule has 444 valence electrons. The number of ether oxygens (including phenoxy) is 1. The Hall–Kier alpha value is -0.970. The highest BCUT2D eigenvalue weighted by Gasteiger charge is 2.46. The predicted molar refractivity (Wildman–Crippen MR) is 321 cm³/mol. The first-order valence-electron chi connectivity index (χ1n) is 31.9. The maximum absolute atomic E-state index is 11.9. The third kappa shape index (κ3) is 19.3. The van der Waals surface area contributed by atoms with E-state index >= 15 is 0 Å². The van der Waals surface area contributed by atoms with Crippen molar-refractivity contribution in [2.24, 2.45) is 40.9 Å². The largest absolute Gasteiger partial charge is 0.375 e.